The van der Waals surface area contributed by atoms with Gasteiger partial charge in [-0.25, -0.2) is 4.79 Å². The lowest BCUT2D eigenvalue weighted by Crippen LogP contribution is -2.25. The van der Waals surface area contributed by atoms with E-state index in [4.69, 9.17) is 9.84 Å². The molecule has 0 spiro atoms. The molecule has 0 radical (unpaired) electrons. The van der Waals surface area contributed by atoms with E-state index in [1.807, 2.05) is 0 Å². The van der Waals surface area contributed by atoms with Gasteiger partial charge in [0.15, 0.2) is 0 Å². The van der Waals surface area contributed by atoms with Crippen molar-refractivity contribution in [3.63, 3.8) is 0 Å². The lowest BCUT2D eigenvalue weighted by molar-refractivity contribution is 0.128. The van der Waals surface area contributed by atoms with Gasteiger partial charge in [0.1, 0.15) is 0 Å². The first-order valence-electron chi connectivity index (χ1n) is 4.82. The number of carboxylic acid groups (broad SMARTS) is 1. The molecule has 0 saturated carbocycles. The van der Waals surface area contributed by atoms with Crippen molar-refractivity contribution in [2.45, 2.75) is 32.6 Å². The highest BCUT2D eigenvalue weighted by Crippen LogP contribution is 1.98. The average Bonchev–Trinajstić information content (AvgIpc) is 2.09. The molecule has 0 saturated heterocycles. The summed E-state index contributed by atoms with van der Waals surface area (Å²) in [5, 5.41) is 10.5. The summed E-state index contributed by atoms with van der Waals surface area (Å²) in [6.45, 7) is 3.75. The van der Waals surface area contributed by atoms with Crippen LogP contribution in [0.1, 0.15) is 32.6 Å². The molecule has 78 valence electrons. The van der Waals surface area contributed by atoms with Crippen molar-refractivity contribution in [2.75, 3.05) is 19.8 Å². The van der Waals surface area contributed by atoms with Gasteiger partial charge in [-0.2, -0.15) is 0 Å². The fraction of sp³-hybridized carbons (Fsp3) is 0.889. The van der Waals surface area contributed by atoms with Crippen LogP contribution in [-0.4, -0.2) is 31.0 Å². The van der Waals surface area contributed by atoms with Crippen molar-refractivity contribution in [3.05, 3.63) is 0 Å². The normalized spacial score (nSPS) is 9.92. The van der Waals surface area contributed by atoms with Crippen molar-refractivity contribution in [2.24, 2.45) is 0 Å². The molecule has 0 aliphatic heterocycles. The summed E-state index contributed by atoms with van der Waals surface area (Å²) in [7, 11) is 0. The van der Waals surface area contributed by atoms with Crippen molar-refractivity contribution < 1.29 is 14.6 Å². The van der Waals surface area contributed by atoms with Crippen LogP contribution in [0.15, 0.2) is 0 Å². The van der Waals surface area contributed by atoms with Crippen LogP contribution in [0.2, 0.25) is 0 Å². The minimum Gasteiger partial charge on any atom is -0.465 e. The van der Waals surface area contributed by atoms with E-state index in [1.54, 1.807) is 0 Å². The van der Waals surface area contributed by atoms with Crippen LogP contribution in [0.3, 0.4) is 0 Å². The van der Waals surface area contributed by atoms with Gasteiger partial charge < -0.3 is 15.2 Å². The van der Waals surface area contributed by atoms with Crippen LogP contribution in [0, 0.1) is 0 Å². The van der Waals surface area contributed by atoms with Crippen LogP contribution in [-0.2, 0) is 4.74 Å². The first kappa shape index (κ1) is 12.2. The Kier molecular flexibility index (Phi) is 8.77. The smallest absolute Gasteiger partial charge is 0.404 e. The number of amides is 1. The maximum atomic E-state index is 10.0. The van der Waals surface area contributed by atoms with Crippen LogP contribution in [0.5, 0.6) is 0 Å². The van der Waals surface area contributed by atoms with E-state index < -0.39 is 6.09 Å². The Morgan fingerprint density at radius 3 is 2.69 bits per heavy atom. The SMILES string of the molecule is CCCCCCOCCNC(=O)O. The maximum Gasteiger partial charge on any atom is 0.404 e. The molecule has 0 rings (SSSR count). The third kappa shape index (κ3) is 11.2. The van der Waals surface area contributed by atoms with Gasteiger partial charge in [-0.1, -0.05) is 26.2 Å². The monoisotopic (exact) mass is 189 g/mol. The first-order chi connectivity index (χ1) is 6.27. The fourth-order valence-corrected chi connectivity index (χ4v) is 0.963. The van der Waals surface area contributed by atoms with E-state index in [-0.39, 0.29) is 0 Å². The summed E-state index contributed by atoms with van der Waals surface area (Å²) < 4.78 is 5.20. The second-order valence-corrected chi connectivity index (χ2v) is 2.90. The Balaban J connectivity index is 2.87. The van der Waals surface area contributed by atoms with Gasteiger partial charge in [0.2, 0.25) is 0 Å². The Hall–Kier alpha value is -0.770. The molecule has 0 aromatic rings. The van der Waals surface area contributed by atoms with Gasteiger partial charge >= 0.3 is 6.09 Å². The summed E-state index contributed by atoms with van der Waals surface area (Å²) in [4.78, 5) is 10.0. The summed E-state index contributed by atoms with van der Waals surface area (Å²) in [5.41, 5.74) is 0. The maximum absolute atomic E-state index is 10.0. The second-order valence-electron chi connectivity index (χ2n) is 2.90. The summed E-state index contributed by atoms with van der Waals surface area (Å²) in [6.07, 6.45) is 3.75. The largest absolute Gasteiger partial charge is 0.465 e. The van der Waals surface area contributed by atoms with E-state index in [9.17, 15) is 4.79 Å². The molecule has 0 aromatic heterocycles. The third-order valence-electron chi connectivity index (χ3n) is 1.66. The van der Waals surface area contributed by atoms with E-state index in [2.05, 4.69) is 12.2 Å². The molecule has 4 nitrogen and oxygen atoms in total. The second kappa shape index (κ2) is 9.32. The minimum atomic E-state index is -0.991. The molecular weight excluding hydrogens is 170 g/mol. The lowest BCUT2D eigenvalue weighted by Gasteiger charge is -2.03. The summed E-state index contributed by atoms with van der Waals surface area (Å²) in [6, 6.07) is 0. The number of hydrogen-bond donors (Lipinski definition) is 2. The molecule has 13 heavy (non-hydrogen) atoms. The number of nitrogens with one attached hydrogen (secondary N) is 1. The quantitative estimate of drug-likeness (QED) is 0.573. The van der Waals surface area contributed by atoms with Gasteiger partial charge in [0, 0.05) is 13.2 Å². The van der Waals surface area contributed by atoms with Crippen LogP contribution in [0.4, 0.5) is 4.79 Å². The Labute approximate surface area is 79.3 Å². The summed E-state index contributed by atoms with van der Waals surface area (Å²) in [5.74, 6) is 0. The zero-order valence-electron chi connectivity index (χ0n) is 8.21. The fourth-order valence-electron chi connectivity index (χ4n) is 0.963. The van der Waals surface area contributed by atoms with Gasteiger partial charge in [-0.05, 0) is 6.42 Å². The van der Waals surface area contributed by atoms with Crippen molar-refractivity contribution in [1.29, 1.82) is 0 Å². The molecule has 4 heteroatoms. The molecule has 1 amide bonds. The number of rotatable bonds is 8. The molecule has 0 aliphatic carbocycles. The molecule has 0 aliphatic rings. The van der Waals surface area contributed by atoms with Gasteiger partial charge in [-0.3, -0.25) is 0 Å². The molecule has 0 bridgehead atoms. The number of carbonyl (C=O) groups is 1. The highest BCUT2D eigenvalue weighted by atomic mass is 16.5. The Bertz CT molecular complexity index is 128. The van der Waals surface area contributed by atoms with Crippen molar-refractivity contribution >= 4 is 6.09 Å². The average molecular weight is 189 g/mol. The van der Waals surface area contributed by atoms with Crippen molar-refractivity contribution in [1.82, 2.24) is 5.32 Å². The zero-order chi connectivity index (χ0) is 9.94. The van der Waals surface area contributed by atoms with Gasteiger partial charge in [0.25, 0.3) is 0 Å². The highest BCUT2D eigenvalue weighted by molar-refractivity contribution is 5.64. The van der Waals surface area contributed by atoms with E-state index in [0.29, 0.717) is 13.2 Å². The molecule has 0 atom stereocenters. The highest BCUT2D eigenvalue weighted by Gasteiger charge is 1.93. The molecule has 0 heterocycles. The van der Waals surface area contributed by atoms with Crippen LogP contribution in [0.25, 0.3) is 0 Å². The van der Waals surface area contributed by atoms with Crippen LogP contribution >= 0.6 is 0 Å². The number of hydrogen-bond acceptors (Lipinski definition) is 2. The number of ether oxygens (including phenoxy) is 1. The third-order valence-corrected chi connectivity index (χ3v) is 1.66. The molecular formula is C9H19NO3. The van der Waals surface area contributed by atoms with E-state index in [1.165, 1.54) is 19.3 Å². The molecule has 0 aromatic carbocycles. The predicted molar refractivity (Wildman–Crippen MR) is 51.0 cm³/mol. The van der Waals surface area contributed by atoms with E-state index >= 15 is 0 Å². The predicted octanol–water partition coefficient (Wildman–Crippen LogP) is 1.85. The standard InChI is InChI=1S/C9H19NO3/c1-2-3-4-5-7-13-8-6-10-9(11)12/h10H,2-8H2,1H3,(H,11,12). The minimum absolute atomic E-state index is 0.378. The molecule has 0 unspecified atom stereocenters. The molecule has 2 N–H and O–H groups in total. The zero-order valence-corrected chi connectivity index (χ0v) is 8.21. The van der Waals surface area contributed by atoms with E-state index in [0.717, 1.165) is 13.0 Å². The Morgan fingerprint density at radius 1 is 1.31 bits per heavy atom. The molecule has 0 fully saturated rings. The topological polar surface area (TPSA) is 58.6 Å². The van der Waals surface area contributed by atoms with Crippen molar-refractivity contribution in [3.8, 4) is 0 Å². The van der Waals surface area contributed by atoms with Gasteiger partial charge in [0.05, 0.1) is 6.61 Å². The first-order valence-corrected chi connectivity index (χ1v) is 4.82. The summed E-state index contributed by atoms with van der Waals surface area (Å²) >= 11 is 0. The van der Waals surface area contributed by atoms with Gasteiger partial charge in [-0.15, -0.1) is 0 Å². The Morgan fingerprint density at radius 2 is 2.08 bits per heavy atom. The number of unbranched alkanes of at least 4 members (excludes halogenated alkanes) is 3. The lowest BCUT2D eigenvalue weighted by atomic mass is 10.2. The van der Waals surface area contributed by atoms with Crippen LogP contribution < -0.4 is 5.32 Å².